The predicted octanol–water partition coefficient (Wildman–Crippen LogP) is 6.79. The summed E-state index contributed by atoms with van der Waals surface area (Å²) >= 11 is 3.47. The van der Waals surface area contributed by atoms with Crippen LogP contribution >= 0.6 is 15.9 Å². The zero-order valence-corrected chi connectivity index (χ0v) is 19.4. The molecule has 0 aliphatic carbocycles. The van der Waals surface area contributed by atoms with Gasteiger partial charge in [0.2, 0.25) is 5.78 Å². The van der Waals surface area contributed by atoms with Crippen LogP contribution in [0.2, 0.25) is 0 Å². The van der Waals surface area contributed by atoms with Crippen molar-refractivity contribution in [3.63, 3.8) is 0 Å². The summed E-state index contributed by atoms with van der Waals surface area (Å²) in [4.78, 5) is 30.9. The summed E-state index contributed by atoms with van der Waals surface area (Å²) in [6, 6.07) is 24.2. The van der Waals surface area contributed by atoms with Gasteiger partial charge in [0.15, 0.2) is 6.10 Å². The molecule has 0 radical (unpaired) electrons. The van der Waals surface area contributed by atoms with E-state index in [1.54, 1.807) is 30.3 Å². The number of rotatable bonds is 6. The number of fused-ring (bicyclic) bond motifs is 1. The maximum Gasteiger partial charge on any atom is 0.339 e. The number of pyridine rings is 1. The Morgan fingerprint density at radius 1 is 0.969 bits per heavy atom. The molecule has 0 bridgehead atoms. The van der Waals surface area contributed by atoms with Gasteiger partial charge >= 0.3 is 5.97 Å². The summed E-state index contributed by atoms with van der Waals surface area (Å²) in [5, 5.41) is 0.669. The summed E-state index contributed by atoms with van der Waals surface area (Å²) in [6.07, 6.45) is -0.472. The molecule has 3 aromatic carbocycles. The van der Waals surface area contributed by atoms with Crippen molar-refractivity contribution < 1.29 is 14.3 Å². The van der Waals surface area contributed by atoms with Gasteiger partial charge in [-0.05, 0) is 37.6 Å². The number of halogens is 1. The molecule has 0 unspecified atom stereocenters. The Kier molecular flexibility index (Phi) is 6.47. The maximum atomic E-state index is 13.3. The number of ether oxygens (including phenoxy) is 1. The number of aromatic nitrogens is 1. The number of ketones is 1. The molecule has 0 aliphatic rings. The molecule has 4 rings (SSSR count). The summed E-state index contributed by atoms with van der Waals surface area (Å²) in [6.45, 7) is 3.85. The fourth-order valence-corrected chi connectivity index (χ4v) is 3.90. The molecular formula is C27H22BrNO3. The van der Waals surface area contributed by atoms with Gasteiger partial charge in [-0.25, -0.2) is 9.78 Å². The fourth-order valence-electron chi connectivity index (χ4n) is 3.54. The van der Waals surface area contributed by atoms with Crippen molar-refractivity contribution in [2.45, 2.75) is 26.4 Å². The van der Waals surface area contributed by atoms with E-state index < -0.39 is 12.1 Å². The van der Waals surface area contributed by atoms with Crippen molar-refractivity contribution in [1.82, 2.24) is 4.98 Å². The van der Waals surface area contributed by atoms with E-state index in [-0.39, 0.29) is 5.78 Å². The predicted molar refractivity (Wildman–Crippen MR) is 130 cm³/mol. The molecule has 0 N–H and O–H groups in total. The van der Waals surface area contributed by atoms with Gasteiger partial charge in [-0.2, -0.15) is 0 Å². The summed E-state index contributed by atoms with van der Waals surface area (Å²) in [5.41, 5.74) is 4.31. The monoisotopic (exact) mass is 487 g/mol. The molecule has 1 atom stereocenters. The van der Waals surface area contributed by atoms with Crippen LogP contribution < -0.4 is 0 Å². The van der Waals surface area contributed by atoms with Crippen LogP contribution in [0, 0.1) is 6.92 Å². The largest absolute Gasteiger partial charge is 0.450 e. The van der Waals surface area contributed by atoms with Crippen LogP contribution in [0.5, 0.6) is 0 Å². The highest BCUT2D eigenvalue weighted by Crippen LogP contribution is 2.28. The van der Waals surface area contributed by atoms with Crippen molar-refractivity contribution in [1.29, 1.82) is 0 Å². The number of benzene rings is 3. The lowest BCUT2D eigenvalue weighted by atomic mass is 10.0. The van der Waals surface area contributed by atoms with Crippen molar-refractivity contribution >= 4 is 38.6 Å². The topological polar surface area (TPSA) is 56.3 Å². The number of hydrogen-bond donors (Lipinski definition) is 0. The lowest BCUT2D eigenvalue weighted by molar-refractivity contribution is 0.0279. The minimum absolute atomic E-state index is 0.209. The molecule has 1 heterocycles. The van der Waals surface area contributed by atoms with Crippen LogP contribution in [0.1, 0.15) is 39.6 Å². The summed E-state index contributed by atoms with van der Waals surface area (Å²) in [7, 11) is 0. The number of nitrogens with zero attached hydrogens (tertiary/aromatic N) is 1. The molecule has 4 nitrogen and oxygen atoms in total. The van der Waals surface area contributed by atoms with E-state index in [9.17, 15) is 9.59 Å². The SMILES string of the molecule is CC[C@@H](OC(=O)c1cc(-c2ccc(C)cc2)nc2ccc(Br)cc12)C(=O)c1ccccc1. The lowest BCUT2D eigenvalue weighted by Gasteiger charge is -2.17. The van der Waals surface area contributed by atoms with Gasteiger partial charge in [0.1, 0.15) is 0 Å². The highest BCUT2D eigenvalue weighted by molar-refractivity contribution is 9.10. The zero-order valence-electron chi connectivity index (χ0n) is 17.8. The maximum absolute atomic E-state index is 13.3. The van der Waals surface area contributed by atoms with Crippen LogP contribution in [0.4, 0.5) is 0 Å². The van der Waals surface area contributed by atoms with Crippen LogP contribution in [0.15, 0.2) is 83.3 Å². The number of hydrogen-bond acceptors (Lipinski definition) is 4. The summed E-state index contributed by atoms with van der Waals surface area (Å²) < 4.78 is 6.56. The van der Waals surface area contributed by atoms with Crippen LogP contribution in [-0.2, 0) is 4.74 Å². The quantitative estimate of drug-likeness (QED) is 0.222. The molecular weight excluding hydrogens is 466 g/mol. The van der Waals surface area contributed by atoms with Gasteiger partial charge in [-0.3, -0.25) is 4.79 Å². The van der Waals surface area contributed by atoms with Crippen molar-refractivity contribution in [2.75, 3.05) is 0 Å². The molecule has 0 aliphatic heterocycles. The standard InChI is InChI=1S/C27H22BrNO3/c1-3-25(26(30)19-7-5-4-6-8-19)32-27(31)22-16-24(18-11-9-17(2)10-12-18)29-23-14-13-20(28)15-21(22)23/h4-16,25H,3H2,1-2H3/t25-/m1/s1. The molecule has 160 valence electrons. The lowest BCUT2D eigenvalue weighted by Crippen LogP contribution is -2.27. The van der Waals surface area contributed by atoms with E-state index >= 15 is 0 Å². The first-order valence-electron chi connectivity index (χ1n) is 10.4. The molecule has 32 heavy (non-hydrogen) atoms. The number of esters is 1. The third-order valence-corrected chi connectivity index (χ3v) is 5.80. The summed E-state index contributed by atoms with van der Waals surface area (Å²) in [5.74, 6) is -0.750. The Balaban J connectivity index is 1.74. The van der Waals surface area contributed by atoms with E-state index in [0.29, 0.717) is 34.1 Å². The Labute approximate surface area is 195 Å². The molecule has 0 amide bonds. The third-order valence-electron chi connectivity index (χ3n) is 5.31. The first kappa shape index (κ1) is 21.9. The molecule has 0 saturated heterocycles. The molecule has 4 aromatic rings. The number of aryl methyl sites for hydroxylation is 1. The highest BCUT2D eigenvalue weighted by atomic mass is 79.9. The number of carbonyl (C=O) groups excluding carboxylic acids is 2. The van der Waals surface area contributed by atoms with Crippen molar-refractivity contribution in [3.05, 3.63) is 100 Å². The van der Waals surface area contributed by atoms with Gasteiger partial charge in [0.05, 0.1) is 16.8 Å². The molecule has 0 spiro atoms. The van der Waals surface area contributed by atoms with Crippen LogP contribution in [-0.4, -0.2) is 22.8 Å². The second kappa shape index (κ2) is 9.45. The highest BCUT2D eigenvalue weighted by Gasteiger charge is 2.25. The number of Topliss-reactive ketones (excluding diaryl/α,β-unsaturated/α-hetero) is 1. The van der Waals surface area contributed by atoms with Gasteiger partial charge < -0.3 is 4.74 Å². The molecule has 1 aromatic heterocycles. The van der Waals surface area contributed by atoms with Crippen LogP contribution in [0.25, 0.3) is 22.2 Å². The minimum Gasteiger partial charge on any atom is -0.450 e. The first-order valence-corrected chi connectivity index (χ1v) is 11.2. The first-order chi connectivity index (χ1) is 15.5. The molecule has 0 fully saturated rings. The second-order valence-electron chi connectivity index (χ2n) is 7.62. The third kappa shape index (κ3) is 4.63. The molecule has 5 heteroatoms. The van der Waals surface area contributed by atoms with E-state index in [1.165, 1.54) is 0 Å². The molecule has 0 saturated carbocycles. The fraction of sp³-hybridized carbons (Fsp3) is 0.148. The van der Waals surface area contributed by atoms with Crippen molar-refractivity contribution in [2.24, 2.45) is 0 Å². The normalized spacial score (nSPS) is 11.8. The van der Waals surface area contributed by atoms with Gasteiger partial charge in [-0.15, -0.1) is 0 Å². The van der Waals surface area contributed by atoms with E-state index in [4.69, 9.17) is 9.72 Å². The van der Waals surface area contributed by atoms with E-state index in [0.717, 1.165) is 15.6 Å². The zero-order chi connectivity index (χ0) is 22.7. The Morgan fingerprint density at radius 3 is 2.38 bits per heavy atom. The smallest absolute Gasteiger partial charge is 0.339 e. The Bertz CT molecular complexity index is 1280. The van der Waals surface area contributed by atoms with Gasteiger partial charge in [0.25, 0.3) is 0 Å². The van der Waals surface area contributed by atoms with Crippen molar-refractivity contribution in [3.8, 4) is 11.3 Å². The number of carbonyl (C=O) groups is 2. The Hall–Kier alpha value is -3.31. The average molecular weight is 488 g/mol. The average Bonchev–Trinajstić information content (AvgIpc) is 2.82. The minimum atomic E-state index is -0.858. The van der Waals surface area contributed by atoms with Gasteiger partial charge in [0, 0.05) is 21.0 Å². The van der Waals surface area contributed by atoms with Crippen LogP contribution in [0.3, 0.4) is 0 Å². The van der Waals surface area contributed by atoms with E-state index in [1.807, 2.05) is 62.4 Å². The van der Waals surface area contributed by atoms with Gasteiger partial charge in [-0.1, -0.05) is 83.0 Å². The second-order valence-corrected chi connectivity index (χ2v) is 8.53. The van der Waals surface area contributed by atoms with E-state index in [2.05, 4.69) is 15.9 Å². The Morgan fingerprint density at radius 2 is 1.69 bits per heavy atom.